The first-order valence-electron chi connectivity index (χ1n) is 4.05. The second kappa shape index (κ2) is 3.57. The highest BCUT2D eigenvalue weighted by Gasteiger charge is 2.26. The molecule has 1 aromatic rings. The smallest absolute Gasteiger partial charge is 0.407 e. The van der Waals surface area contributed by atoms with Gasteiger partial charge in [-0.25, -0.2) is 9.18 Å². The Morgan fingerprint density at radius 1 is 1.57 bits per heavy atom. The molecule has 5 heteroatoms. The standard InChI is InChI=1S/C9H7BrFNO2/c10-8-5(2-1-3-6(8)11)7-4-14-9(13)12-7/h1-3,7H,4H2,(H,12,13). The quantitative estimate of drug-likeness (QED) is 0.841. The monoisotopic (exact) mass is 259 g/mol. The van der Waals surface area contributed by atoms with E-state index in [0.29, 0.717) is 10.0 Å². The summed E-state index contributed by atoms with van der Waals surface area (Å²) >= 11 is 3.13. The van der Waals surface area contributed by atoms with E-state index in [1.165, 1.54) is 6.07 Å². The molecule has 0 aliphatic carbocycles. The summed E-state index contributed by atoms with van der Waals surface area (Å²) in [5, 5.41) is 2.58. The fourth-order valence-corrected chi connectivity index (χ4v) is 1.88. The van der Waals surface area contributed by atoms with Crippen LogP contribution in [0.4, 0.5) is 9.18 Å². The van der Waals surface area contributed by atoms with E-state index in [1.54, 1.807) is 12.1 Å². The molecule has 0 radical (unpaired) electrons. The van der Waals surface area contributed by atoms with Gasteiger partial charge in [0.05, 0.1) is 10.5 Å². The lowest BCUT2D eigenvalue weighted by Crippen LogP contribution is -2.18. The van der Waals surface area contributed by atoms with E-state index < -0.39 is 6.09 Å². The summed E-state index contributed by atoms with van der Waals surface area (Å²) < 4.78 is 18.2. The third-order valence-electron chi connectivity index (χ3n) is 2.03. The minimum absolute atomic E-state index is 0.237. The lowest BCUT2D eigenvalue weighted by atomic mass is 10.1. The zero-order chi connectivity index (χ0) is 10.1. The molecule has 1 N–H and O–H groups in total. The van der Waals surface area contributed by atoms with Crippen LogP contribution in [0.1, 0.15) is 11.6 Å². The van der Waals surface area contributed by atoms with Crippen molar-refractivity contribution in [3.05, 3.63) is 34.1 Å². The van der Waals surface area contributed by atoms with Gasteiger partial charge in [-0.1, -0.05) is 12.1 Å². The van der Waals surface area contributed by atoms with Gasteiger partial charge in [0.2, 0.25) is 0 Å². The summed E-state index contributed by atoms with van der Waals surface area (Å²) in [6.07, 6.45) is -0.467. The normalized spacial score (nSPS) is 20.4. The van der Waals surface area contributed by atoms with Gasteiger partial charge in [0.15, 0.2) is 0 Å². The van der Waals surface area contributed by atoms with Gasteiger partial charge in [-0.2, -0.15) is 0 Å². The summed E-state index contributed by atoms with van der Waals surface area (Å²) in [5.41, 5.74) is 0.691. The number of halogens is 2. The maximum atomic E-state index is 13.1. The van der Waals surface area contributed by atoms with E-state index in [4.69, 9.17) is 4.74 Å². The molecule has 0 spiro atoms. The van der Waals surface area contributed by atoms with Crippen molar-refractivity contribution in [3.63, 3.8) is 0 Å². The van der Waals surface area contributed by atoms with Gasteiger partial charge >= 0.3 is 6.09 Å². The zero-order valence-corrected chi connectivity index (χ0v) is 8.67. The third-order valence-corrected chi connectivity index (χ3v) is 2.87. The van der Waals surface area contributed by atoms with Gasteiger partial charge in [0.1, 0.15) is 12.4 Å². The van der Waals surface area contributed by atoms with Crippen LogP contribution in [-0.4, -0.2) is 12.7 Å². The fourth-order valence-electron chi connectivity index (χ4n) is 1.34. The van der Waals surface area contributed by atoms with Crippen molar-refractivity contribution < 1.29 is 13.9 Å². The van der Waals surface area contributed by atoms with E-state index in [1.807, 2.05) is 0 Å². The summed E-state index contributed by atoms with van der Waals surface area (Å²) in [6.45, 7) is 0.237. The molecular formula is C9H7BrFNO2. The molecule has 1 saturated heterocycles. The molecule has 0 bridgehead atoms. The highest BCUT2D eigenvalue weighted by Crippen LogP contribution is 2.28. The Morgan fingerprint density at radius 3 is 3.00 bits per heavy atom. The van der Waals surface area contributed by atoms with Gasteiger partial charge in [-0.15, -0.1) is 0 Å². The summed E-state index contributed by atoms with van der Waals surface area (Å²) in [6, 6.07) is 4.42. The lowest BCUT2D eigenvalue weighted by Gasteiger charge is -2.09. The minimum Gasteiger partial charge on any atom is -0.447 e. The van der Waals surface area contributed by atoms with E-state index in [-0.39, 0.29) is 18.5 Å². The Bertz CT molecular complexity index is 383. The Morgan fingerprint density at radius 2 is 2.36 bits per heavy atom. The zero-order valence-electron chi connectivity index (χ0n) is 7.09. The molecule has 74 valence electrons. The van der Waals surface area contributed by atoms with Crippen LogP contribution in [0.3, 0.4) is 0 Å². The number of rotatable bonds is 1. The van der Waals surface area contributed by atoms with Crippen LogP contribution < -0.4 is 5.32 Å². The first kappa shape index (κ1) is 9.45. The highest BCUT2D eigenvalue weighted by molar-refractivity contribution is 9.10. The Labute approximate surface area is 88.4 Å². The largest absolute Gasteiger partial charge is 0.447 e. The van der Waals surface area contributed by atoms with Crippen molar-refractivity contribution >= 4 is 22.0 Å². The summed E-state index contributed by atoms with van der Waals surface area (Å²) in [5.74, 6) is -0.344. The van der Waals surface area contributed by atoms with E-state index >= 15 is 0 Å². The molecule has 1 amide bonds. The molecule has 14 heavy (non-hydrogen) atoms. The number of carbonyl (C=O) groups excluding carboxylic acids is 1. The van der Waals surface area contributed by atoms with Crippen LogP contribution >= 0.6 is 15.9 Å². The van der Waals surface area contributed by atoms with Crippen LogP contribution in [0.25, 0.3) is 0 Å². The summed E-state index contributed by atoms with van der Waals surface area (Å²) in [4.78, 5) is 10.8. The fraction of sp³-hybridized carbons (Fsp3) is 0.222. The number of carbonyl (C=O) groups is 1. The van der Waals surface area contributed by atoms with Gasteiger partial charge < -0.3 is 10.1 Å². The molecule has 1 aromatic carbocycles. The number of hydrogen-bond donors (Lipinski definition) is 1. The molecule has 1 atom stereocenters. The van der Waals surface area contributed by atoms with Crippen LogP contribution in [0.5, 0.6) is 0 Å². The van der Waals surface area contributed by atoms with Crippen LogP contribution in [-0.2, 0) is 4.74 Å². The number of benzene rings is 1. The van der Waals surface area contributed by atoms with E-state index in [9.17, 15) is 9.18 Å². The Kier molecular flexibility index (Phi) is 2.41. The average Bonchev–Trinajstić information content (AvgIpc) is 2.57. The number of hydrogen-bond acceptors (Lipinski definition) is 2. The number of ether oxygens (including phenoxy) is 1. The van der Waals surface area contributed by atoms with Crippen molar-refractivity contribution in [2.75, 3.05) is 6.61 Å². The average molecular weight is 260 g/mol. The minimum atomic E-state index is -0.467. The van der Waals surface area contributed by atoms with Crippen molar-refractivity contribution in [1.82, 2.24) is 5.32 Å². The highest BCUT2D eigenvalue weighted by atomic mass is 79.9. The van der Waals surface area contributed by atoms with Gasteiger partial charge in [-0.3, -0.25) is 0 Å². The molecule has 3 nitrogen and oxygen atoms in total. The van der Waals surface area contributed by atoms with Crippen molar-refractivity contribution in [3.8, 4) is 0 Å². The number of nitrogens with one attached hydrogen (secondary N) is 1. The van der Waals surface area contributed by atoms with E-state index in [2.05, 4.69) is 21.2 Å². The van der Waals surface area contributed by atoms with Gasteiger partial charge in [-0.05, 0) is 27.6 Å². The topological polar surface area (TPSA) is 38.3 Å². The molecule has 1 aliphatic rings. The maximum absolute atomic E-state index is 13.1. The molecule has 1 heterocycles. The first-order valence-corrected chi connectivity index (χ1v) is 4.85. The maximum Gasteiger partial charge on any atom is 0.407 e. The SMILES string of the molecule is O=C1NC(c2cccc(F)c2Br)CO1. The van der Waals surface area contributed by atoms with E-state index in [0.717, 1.165) is 0 Å². The number of amides is 1. The molecule has 0 aromatic heterocycles. The molecular weight excluding hydrogens is 253 g/mol. The molecule has 2 rings (SSSR count). The number of alkyl carbamates (subject to hydrolysis) is 1. The summed E-state index contributed by atoms with van der Waals surface area (Å²) in [7, 11) is 0. The predicted molar refractivity (Wildman–Crippen MR) is 51.3 cm³/mol. The molecule has 1 unspecified atom stereocenters. The lowest BCUT2D eigenvalue weighted by molar-refractivity contribution is 0.177. The number of cyclic esters (lactones) is 1. The second-order valence-corrected chi connectivity index (χ2v) is 3.73. The van der Waals surface area contributed by atoms with Gasteiger partial charge in [0.25, 0.3) is 0 Å². The Hall–Kier alpha value is -1.10. The molecule has 1 fully saturated rings. The predicted octanol–water partition coefficient (Wildman–Crippen LogP) is 2.37. The van der Waals surface area contributed by atoms with Crippen LogP contribution in [0.2, 0.25) is 0 Å². The van der Waals surface area contributed by atoms with Crippen LogP contribution in [0.15, 0.2) is 22.7 Å². The second-order valence-electron chi connectivity index (χ2n) is 2.94. The molecule has 1 aliphatic heterocycles. The van der Waals surface area contributed by atoms with Crippen molar-refractivity contribution in [2.24, 2.45) is 0 Å². The first-order chi connectivity index (χ1) is 6.68. The van der Waals surface area contributed by atoms with Crippen molar-refractivity contribution in [1.29, 1.82) is 0 Å². The van der Waals surface area contributed by atoms with Gasteiger partial charge in [0, 0.05) is 0 Å². The molecule has 0 saturated carbocycles. The van der Waals surface area contributed by atoms with Crippen LogP contribution in [0, 0.1) is 5.82 Å². The Balaban J connectivity index is 2.32. The van der Waals surface area contributed by atoms with Crippen molar-refractivity contribution in [2.45, 2.75) is 6.04 Å². The third kappa shape index (κ3) is 1.59.